The fraction of sp³-hybridized carbons (Fsp3) is 0.421. The average Bonchev–Trinajstić information content (AvgIpc) is 3.05. The zero-order chi connectivity index (χ0) is 20.3. The topological polar surface area (TPSA) is 140 Å². The summed E-state index contributed by atoms with van der Waals surface area (Å²) in [6, 6.07) is 9.02. The minimum Gasteiger partial charge on any atom is -0.394 e. The molecule has 9 nitrogen and oxygen atoms in total. The van der Waals surface area contributed by atoms with Crippen LogP contribution in [0.4, 0.5) is 11.5 Å². The molecular weight excluding hydrogens is 364 g/mol. The van der Waals surface area contributed by atoms with E-state index in [1.807, 2.05) is 25.1 Å². The lowest BCUT2D eigenvalue weighted by Crippen LogP contribution is -2.31. The molecule has 150 valence electrons. The van der Waals surface area contributed by atoms with Crippen LogP contribution in [0.15, 0.2) is 41.3 Å². The number of hydrogen-bond acceptors (Lipinski definition) is 7. The summed E-state index contributed by atoms with van der Waals surface area (Å²) in [6.45, 7) is 1.47. The molecular formula is C19H24N4O5. The molecule has 2 aromatic rings. The molecule has 3 rings (SSSR count). The summed E-state index contributed by atoms with van der Waals surface area (Å²) in [4.78, 5) is 28.9. The number of nitrogens with one attached hydrogen (secondary N) is 1. The van der Waals surface area contributed by atoms with Gasteiger partial charge in [-0.25, -0.2) is 4.79 Å². The maximum absolute atomic E-state index is 12.8. The Morgan fingerprint density at radius 1 is 1.43 bits per heavy atom. The zero-order valence-electron chi connectivity index (χ0n) is 15.5. The monoisotopic (exact) mass is 388 g/mol. The van der Waals surface area contributed by atoms with Gasteiger partial charge in [0.05, 0.1) is 18.6 Å². The average molecular weight is 388 g/mol. The lowest BCUT2D eigenvalue weighted by atomic mass is 9.97. The Morgan fingerprint density at radius 3 is 2.75 bits per heavy atom. The summed E-state index contributed by atoms with van der Waals surface area (Å²) in [5, 5.41) is 22.0. The predicted octanol–water partition coefficient (Wildman–Crippen LogP) is 0.599. The summed E-state index contributed by atoms with van der Waals surface area (Å²) in [6.07, 6.45) is -0.437. The van der Waals surface area contributed by atoms with Crippen LogP contribution in [0.5, 0.6) is 0 Å². The summed E-state index contributed by atoms with van der Waals surface area (Å²) in [5.41, 5.74) is 6.36. The second-order valence-corrected chi connectivity index (χ2v) is 6.70. The third kappa shape index (κ3) is 4.06. The van der Waals surface area contributed by atoms with Crippen LogP contribution in [0, 0.1) is 0 Å². The van der Waals surface area contributed by atoms with Crippen LogP contribution >= 0.6 is 0 Å². The Balaban J connectivity index is 1.90. The minimum absolute atomic E-state index is 0.0198. The van der Waals surface area contributed by atoms with E-state index >= 15 is 0 Å². The lowest BCUT2D eigenvalue weighted by Gasteiger charge is -2.20. The first-order valence-corrected chi connectivity index (χ1v) is 9.13. The van der Waals surface area contributed by atoms with Gasteiger partial charge < -0.3 is 26.0 Å². The number of ether oxygens (including phenoxy) is 1. The van der Waals surface area contributed by atoms with E-state index in [0.717, 1.165) is 0 Å². The van der Waals surface area contributed by atoms with Gasteiger partial charge >= 0.3 is 5.69 Å². The Labute approximate surface area is 161 Å². The van der Waals surface area contributed by atoms with E-state index in [9.17, 15) is 19.8 Å². The maximum Gasteiger partial charge on any atom is 0.351 e. The first-order valence-electron chi connectivity index (χ1n) is 9.13. The molecule has 1 saturated heterocycles. The van der Waals surface area contributed by atoms with Crippen molar-refractivity contribution < 1.29 is 19.7 Å². The Morgan fingerprint density at radius 2 is 2.14 bits per heavy atom. The number of rotatable bonds is 6. The molecule has 2 unspecified atom stereocenters. The second-order valence-electron chi connectivity index (χ2n) is 6.70. The van der Waals surface area contributed by atoms with Crippen LogP contribution in [-0.2, 0) is 9.53 Å². The second kappa shape index (κ2) is 8.51. The molecule has 28 heavy (non-hydrogen) atoms. The van der Waals surface area contributed by atoms with Gasteiger partial charge in [-0.2, -0.15) is 4.98 Å². The van der Waals surface area contributed by atoms with E-state index in [0.29, 0.717) is 17.7 Å². The van der Waals surface area contributed by atoms with Crippen LogP contribution in [0.1, 0.15) is 37.5 Å². The Hall–Kier alpha value is -2.75. The van der Waals surface area contributed by atoms with Gasteiger partial charge in [0.25, 0.3) is 0 Å². The molecule has 1 aliphatic rings. The number of anilines is 2. The van der Waals surface area contributed by atoms with Crippen LogP contribution < -0.4 is 16.7 Å². The predicted molar refractivity (Wildman–Crippen MR) is 103 cm³/mol. The number of hydrogen-bond donors (Lipinski definition) is 4. The maximum atomic E-state index is 12.8. The van der Waals surface area contributed by atoms with Gasteiger partial charge in [-0.15, -0.1) is 0 Å². The van der Waals surface area contributed by atoms with Crippen molar-refractivity contribution in [2.75, 3.05) is 17.7 Å². The van der Waals surface area contributed by atoms with Crippen molar-refractivity contribution in [3.8, 4) is 0 Å². The van der Waals surface area contributed by atoms with E-state index in [-0.39, 0.29) is 24.8 Å². The van der Waals surface area contributed by atoms with E-state index in [2.05, 4.69) is 10.3 Å². The molecule has 0 aliphatic carbocycles. The standard InChI is InChI=1S/C19H24N4O5/c1-2-12(18(26)21-11-6-4-3-5-7-11)13-9-23(19(27)22-17(13)20)16-8-14(25)15(10-24)28-16/h3-7,9,12,14-16,24-25H,2,8,10H2,1H3,(H,21,26)(H2,20,22,27)/t12?,14?,15-,16-/m1/s1. The molecule has 9 heteroatoms. The summed E-state index contributed by atoms with van der Waals surface area (Å²) < 4.78 is 6.75. The Bertz CT molecular complexity index is 886. The quantitative estimate of drug-likeness (QED) is 0.568. The van der Waals surface area contributed by atoms with Gasteiger partial charge in [0.1, 0.15) is 18.1 Å². The third-order valence-corrected chi connectivity index (χ3v) is 4.85. The number of nitrogens with zero attached hydrogens (tertiary/aromatic N) is 2. The minimum atomic E-state index is -0.897. The number of para-hydroxylation sites is 1. The van der Waals surface area contributed by atoms with E-state index in [4.69, 9.17) is 10.5 Å². The molecule has 2 heterocycles. The number of nitrogens with two attached hydrogens (primary N) is 1. The van der Waals surface area contributed by atoms with E-state index in [1.54, 1.807) is 12.1 Å². The van der Waals surface area contributed by atoms with Crippen LogP contribution in [0.25, 0.3) is 0 Å². The number of benzene rings is 1. The van der Waals surface area contributed by atoms with Crippen molar-refractivity contribution in [3.05, 3.63) is 52.6 Å². The molecule has 0 saturated carbocycles. The van der Waals surface area contributed by atoms with Gasteiger partial charge in [0, 0.05) is 23.9 Å². The number of nitrogen functional groups attached to an aromatic ring is 1. The largest absolute Gasteiger partial charge is 0.394 e. The number of aliphatic hydroxyl groups is 2. The van der Waals surface area contributed by atoms with Crippen LogP contribution in [-0.4, -0.2) is 44.5 Å². The molecule has 4 atom stereocenters. The van der Waals surface area contributed by atoms with Gasteiger partial charge in [-0.1, -0.05) is 25.1 Å². The van der Waals surface area contributed by atoms with Gasteiger partial charge in [-0.3, -0.25) is 9.36 Å². The molecule has 1 fully saturated rings. The van der Waals surface area contributed by atoms with Crippen molar-refractivity contribution in [2.45, 2.75) is 44.1 Å². The van der Waals surface area contributed by atoms with Crippen molar-refractivity contribution in [2.24, 2.45) is 0 Å². The van der Waals surface area contributed by atoms with Crippen molar-refractivity contribution >= 4 is 17.4 Å². The first kappa shape index (κ1) is 20.0. The first-order chi connectivity index (χ1) is 13.4. The fourth-order valence-corrected chi connectivity index (χ4v) is 3.32. The third-order valence-electron chi connectivity index (χ3n) is 4.85. The number of carbonyl (C=O) groups is 1. The van der Waals surface area contributed by atoms with Crippen LogP contribution in [0.2, 0.25) is 0 Å². The molecule has 0 bridgehead atoms. The summed E-state index contributed by atoms with van der Waals surface area (Å²) in [7, 11) is 0. The van der Waals surface area contributed by atoms with Crippen molar-refractivity contribution in [1.82, 2.24) is 9.55 Å². The highest BCUT2D eigenvalue weighted by molar-refractivity contribution is 5.96. The molecule has 1 aromatic carbocycles. The molecule has 0 spiro atoms. The fourth-order valence-electron chi connectivity index (χ4n) is 3.32. The van der Waals surface area contributed by atoms with E-state index < -0.39 is 30.0 Å². The van der Waals surface area contributed by atoms with E-state index in [1.165, 1.54) is 10.8 Å². The molecule has 5 N–H and O–H groups in total. The van der Waals surface area contributed by atoms with Crippen molar-refractivity contribution in [1.29, 1.82) is 0 Å². The molecule has 0 radical (unpaired) electrons. The highest BCUT2D eigenvalue weighted by atomic mass is 16.5. The van der Waals surface area contributed by atoms with Crippen LogP contribution in [0.3, 0.4) is 0 Å². The summed E-state index contributed by atoms with van der Waals surface area (Å²) >= 11 is 0. The highest BCUT2D eigenvalue weighted by Crippen LogP contribution is 2.30. The van der Waals surface area contributed by atoms with Crippen molar-refractivity contribution in [3.63, 3.8) is 0 Å². The number of aliphatic hydroxyl groups excluding tert-OH is 2. The normalized spacial score (nSPS) is 22.8. The lowest BCUT2D eigenvalue weighted by molar-refractivity contribution is -0.117. The number of carbonyl (C=O) groups excluding carboxylic acids is 1. The number of aromatic nitrogens is 2. The molecule has 1 aliphatic heterocycles. The van der Waals surface area contributed by atoms with Gasteiger partial charge in [0.15, 0.2) is 0 Å². The smallest absolute Gasteiger partial charge is 0.351 e. The van der Waals surface area contributed by atoms with Gasteiger partial charge in [0.2, 0.25) is 5.91 Å². The zero-order valence-corrected chi connectivity index (χ0v) is 15.5. The molecule has 1 aromatic heterocycles. The van der Waals surface area contributed by atoms with Gasteiger partial charge in [-0.05, 0) is 18.6 Å². The number of amides is 1. The highest BCUT2D eigenvalue weighted by Gasteiger charge is 2.35. The molecule has 1 amide bonds. The SMILES string of the molecule is CCC(C(=O)Nc1ccccc1)c1cn([C@H]2CC(O)[C@@H](CO)O2)c(=O)nc1N. The Kier molecular flexibility index (Phi) is 6.08. The summed E-state index contributed by atoms with van der Waals surface area (Å²) in [5.74, 6) is -0.916.